The first kappa shape index (κ1) is 25.5. The Balaban J connectivity index is 3.16. The van der Waals surface area contributed by atoms with E-state index in [9.17, 15) is 4.79 Å². The molecular weight excluding hydrogens is 320 g/mol. The van der Waals surface area contributed by atoms with Crippen molar-refractivity contribution < 1.29 is 9.90 Å². The van der Waals surface area contributed by atoms with E-state index in [1.807, 2.05) is 6.92 Å². The van der Waals surface area contributed by atoms with Gasteiger partial charge in [-0.05, 0) is 12.3 Å². The van der Waals surface area contributed by atoms with Gasteiger partial charge in [-0.15, -0.1) is 0 Å². The summed E-state index contributed by atoms with van der Waals surface area (Å²) in [4.78, 5) is 10.9. The second-order valence-electron chi connectivity index (χ2n) is 8.67. The van der Waals surface area contributed by atoms with Crippen molar-refractivity contribution in [3.05, 3.63) is 0 Å². The lowest BCUT2D eigenvalue weighted by Crippen LogP contribution is -2.13. The van der Waals surface area contributed by atoms with Crippen LogP contribution in [0.15, 0.2) is 0 Å². The van der Waals surface area contributed by atoms with E-state index in [0.717, 1.165) is 6.42 Å². The van der Waals surface area contributed by atoms with Gasteiger partial charge in [0.15, 0.2) is 0 Å². The zero-order chi connectivity index (χ0) is 19.5. The second-order valence-corrected chi connectivity index (χ2v) is 8.67. The second kappa shape index (κ2) is 19.2. The molecule has 0 aromatic carbocycles. The topological polar surface area (TPSA) is 37.3 Å². The first-order valence-electron chi connectivity index (χ1n) is 11.8. The maximum Gasteiger partial charge on any atom is 0.306 e. The van der Waals surface area contributed by atoms with Crippen molar-refractivity contribution in [1.82, 2.24) is 0 Å². The van der Waals surface area contributed by atoms with Crippen LogP contribution in [0.2, 0.25) is 0 Å². The van der Waals surface area contributed by atoms with Crippen molar-refractivity contribution in [2.45, 2.75) is 136 Å². The smallest absolute Gasteiger partial charge is 0.306 e. The van der Waals surface area contributed by atoms with Gasteiger partial charge in [0.25, 0.3) is 0 Å². The quantitative estimate of drug-likeness (QED) is 0.219. The van der Waals surface area contributed by atoms with E-state index >= 15 is 0 Å². The number of carbonyl (C=O) groups is 1. The number of unbranched alkanes of at least 4 members (excludes halogenated alkanes) is 15. The van der Waals surface area contributed by atoms with Crippen LogP contribution in [0.25, 0.3) is 0 Å². The summed E-state index contributed by atoms with van der Waals surface area (Å²) in [6.45, 7) is 6.31. The van der Waals surface area contributed by atoms with E-state index in [2.05, 4.69) is 13.8 Å². The molecule has 2 atom stereocenters. The monoisotopic (exact) mass is 368 g/mol. The zero-order valence-electron chi connectivity index (χ0n) is 18.2. The summed E-state index contributed by atoms with van der Waals surface area (Å²) in [6.07, 6.45) is 24.5. The van der Waals surface area contributed by atoms with Crippen molar-refractivity contribution in [2.75, 3.05) is 0 Å². The van der Waals surface area contributed by atoms with Gasteiger partial charge in [-0.2, -0.15) is 0 Å². The van der Waals surface area contributed by atoms with E-state index in [-0.39, 0.29) is 5.92 Å². The molecule has 0 fully saturated rings. The molecule has 0 spiro atoms. The Labute approximate surface area is 164 Å². The first-order valence-corrected chi connectivity index (χ1v) is 11.8. The predicted octanol–water partition coefficient (Wildman–Crippen LogP) is 8.38. The molecule has 0 aliphatic rings. The highest BCUT2D eigenvalue weighted by molar-refractivity contribution is 5.69. The summed E-state index contributed by atoms with van der Waals surface area (Å²) in [5, 5.41) is 8.94. The van der Waals surface area contributed by atoms with Crippen LogP contribution in [0, 0.1) is 11.8 Å². The summed E-state index contributed by atoms with van der Waals surface area (Å²) in [5.41, 5.74) is 0. The summed E-state index contributed by atoms with van der Waals surface area (Å²) in [5.74, 6) is -0.289. The summed E-state index contributed by atoms with van der Waals surface area (Å²) in [6, 6.07) is 0. The standard InChI is InChI=1S/C24H48O2/c1-4-5-6-7-8-9-10-11-12-13-14-15-16-17-18-19-20-22(2)21-23(3)24(25)26/h22-23H,4-21H2,1-3H3,(H,25,26)/t22-,23-/m1/s1. The van der Waals surface area contributed by atoms with Gasteiger partial charge in [0.1, 0.15) is 0 Å². The molecule has 0 aromatic heterocycles. The molecule has 0 aromatic rings. The molecule has 1 N–H and O–H groups in total. The maximum absolute atomic E-state index is 10.9. The van der Waals surface area contributed by atoms with Crippen LogP contribution in [-0.2, 0) is 4.79 Å². The van der Waals surface area contributed by atoms with Gasteiger partial charge >= 0.3 is 5.97 Å². The molecule has 156 valence electrons. The van der Waals surface area contributed by atoms with Gasteiger partial charge in [-0.3, -0.25) is 4.79 Å². The zero-order valence-corrected chi connectivity index (χ0v) is 18.2. The van der Waals surface area contributed by atoms with Crippen molar-refractivity contribution >= 4 is 5.97 Å². The van der Waals surface area contributed by atoms with Gasteiger partial charge in [0.05, 0.1) is 5.92 Å². The molecule has 0 rings (SSSR count). The molecule has 0 radical (unpaired) electrons. The van der Waals surface area contributed by atoms with Crippen molar-refractivity contribution in [1.29, 1.82) is 0 Å². The van der Waals surface area contributed by atoms with Crippen LogP contribution in [0.3, 0.4) is 0 Å². The molecule has 0 aliphatic carbocycles. The summed E-state index contributed by atoms with van der Waals surface area (Å²) >= 11 is 0. The molecule has 0 bridgehead atoms. The molecule has 0 saturated heterocycles. The van der Waals surface area contributed by atoms with Crippen LogP contribution >= 0.6 is 0 Å². The molecule has 26 heavy (non-hydrogen) atoms. The SMILES string of the molecule is CCCCCCCCCCCCCCCCCC[C@@H](C)C[C@@H](C)C(=O)O. The molecule has 0 unspecified atom stereocenters. The summed E-state index contributed by atoms with van der Waals surface area (Å²) < 4.78 is 0. The normalized spacial score (nSPS) is 13.7. The van der Waals surface area contributed by atoms with Crippen LogP contribution in [-0.4, -0.2) is 11.1 Å². The fraction of sp³-hybridized carbons (Fsp3) is 0.958. The largest absolute Gasteiger partial charge is 0.481 e. The van der Waals surface area contributed by atoms with Gasteiger partial charge in [-0.1, -0.05) is 130 Å². The lowest BCUT2D eigenvalue weighted by atomic mass is 9.92. The molecule has 0 aliphatic heterocycles. The van der Waals surface area contributed by atoms with Crippen LogP contribution in [0.5, 0.6) is 0 Å². The highest BCUT2D eigenvalue weighted by Crippen LogP contribution is 2.19. The maximum atomic E-state index is 10.9. The molecule has 0 saturated carbocycles. The van der Waals surface area contributed by atoms with Crippen molar-refractivity contribution in [3.63, 3.8) is 0 Å². The number of carboxylic acids is 1. The van der Waals surface area contributed by atoms with Crippen LogP contribution in [0.1, 0.15) is 136 Å². The van der Waals surface area contributed by atoms with Crippen molar-refractivity contribution in [2.24, 2.45) is 11.8 Å². The van der Waals surface area contributed by atoms with Crippen LogP contribution in [0.4, 0.5) is 0 Å². The minimum absolute atomic E-state index is 0.189. The minimum Gasteiger partial charge on any atom is -0.481 e. The van der Waals surface area contributed by atoms with Crippen molar-refractivity contribution in [3.8, 4) is 0 Å². The fourth-order valence-electron chi connectivity index (χ4n) is 3.86. The lowest BCUT2D eigenvalue weighted by Gasteiger charge is -2.13. The van der Waals surface area contributed by atoms with Gasteiger partial charge in [0.2, 0.25) is 0 Å². The van der Waals surface area contributed by atoms with E-state index in [1.165, 1.54) is 109 Å². The minimum atomic E-state index is -0.649. The van der Waals surface area contributed by atoms with E-state index in [1.54, 1.807) is 0 Å². The number of carboxylic acid groups (broad SMARTS) is 1. The van der Waals surface area contributed by atoms with Gasteiger partial charge < -0.3 is 5.11 Å². The van der Waals surface area contributed by atoms with Gasteiger partial charge in [0, 0.05) is 0 Å². The Kier molecular flexibility index (Phi) is 18.8. The first-order chi connectivity index (χ1) is 12.6. The predicted molar refractivity (Wildman–Crippen MR) is 115 cm³/mol. The number of hydrogen-bond donors (Lipinski definition) is 1. The average Bonchev–Trinajstić information content (AvgIpc) is 2.61. The Morgan fingerprint density at radius 2 is 1.00 bits per heavy atom. The Bertz CT molecular complexity index is 301. The highest BCUT2D eigenvalue weighted by Gasteiger charge is 2.14. The Morgan fingerprint density at radius 3 is 1.35 bits per heavy atom. The molecule has 0 heterocycles. The third-order valence-corrected chi connectivity index (χ3v) is 5.73. The number of aliphatic carboxylic acids is 1. The third-order valence-electron chi connectivity index (χ3n) is 5.73. The van der Waals surface area contributed by atoms with E-state index in [0.29, 0.717) is 5.92 Å². The number of rotatable bonds is 20. The molecular formula is C24H48O2. The third kappa shape index (κ3) is 18.3. The fourth-order valence-corrected chi connectivity index (χ4v) is 3.86. The Morgan fingerprint density at radius 1 is 0.654 bits per heavy atom. The highest BCUT2D eigenvalue weighted by atomic mass is 16.4. The summed E-state index contributed by atoms with van der Waals surface area (Å²) in [7, 11) is 0. The molecule has 2 heteroatoms. The molecule has 2 nitrogen and oxygen atoms in total. The Hall–Kier alpha value is -0.530. The van der Waals surface area contributed by atoms with Crippen LogP contribution < -0.4 is 0 Å². The average molecular weight is 369 g/mol. The van der Waals surface area contributed by atoms with Gasteiger partial charge in [-0.25, -0.2) is 0 Å². The number of hydrogen-bond acceptors (Lipinski definition) is 1. The lowest BCUT2D eigenvalue weighted by molar-refractivity contribution is -0.141. The van der Waals surface area contributed by atoms with E-state index in [4.69, 9.17) is 5.11 Å². The van der Waals surface area contributed by atoms with E-state index < -0.39 is 5.97 Å². The molecule has 0 amide bonds.